The number of hydrogen-bond donors (Lipinski definition) is 2. The van der Waals surface area contributed by atoms with Crippen molar-refractivity contribution in [1.29, 1.82) is 0 Å². The Balaban J connectivity index is 1.78. The van der Waals surface area contributed by atoms with Crippen molar-refractivity contribution in [3.8, 4) is 5.75 Å². The molecule has 26 heavy (non-hydrogen) atoms. The van der Waals surface area contributed by atoms with Gasteiger partial charge in [-0.3, -0.25) is 4.79 Å². The molecular weight excluding hydrogens is 333 g/mol. The van der Waals surface area contributed by atoms with Crippen LogP contribution in [0.3, 0.4) is 0 Å². The molecule has 6 heteroatoms. The Bertz CT molecular complexity index is 927. The molecule has 3 aromatic rings. The average Bonchev–Trinajstić information content (AvgIpc) is 2.64. The van der Waals surface area contributed by atoms with Gasteiger partial charge in [0.05, 0.1) is 12.8 Å². The van der Waals surface area contributed by atoms with E-state index in [2.05, 4.69) is 15.6 Å². The first kappa shape index (κ1) is 17.4. The number of nitrogens with one attached hydrogen (secondary N) is 2. The molecule has 0 aliphatic rings. The summed E-state index contributed by atoms with van der Waals surface area (Å²) in [7, 11) is 1.55. The molecule has 0 unspecified atom stereocenters. The van der Waals surface area contributed by atoms with Gasteiger partial charge >= 0.3 is 0 Å². The van der Waals surface area contributed by atoms with Crippen molar-refractivity contribution in [2.75, 3.05) is 17.7 Å². The van der Waals surface area contributed by atoms with Crippen molar-refractivity contribution < 1.29 is 13.9 Å². The molecule has 0 spiro atoms. The van der Waals surface area contributed by atoms with E-state index in [0.717, 1.165) is 5.56 Å². The van der Waals surface area contributed by atoms with Crippen molar-refractivity contribution in [3.05, 3.63) is 77.7 Å². The van der Waals surface area contributed by atoms with E-state index in [9.17, 15) is 9.18 Å². The predicted molar refractivity (Wildman–Crippen MR) is 99.6 cm³/mol. The van der Waals surface area contributed by atoms with Crippen LogP contribution in [0.4, 0.5) is 21.6 Å². The summed E-state index contributed by atoms with van der Waals surface area (Å²) in [6, 6.07) is 14.7. The molecule has 0 atom stereocenters. The van der Waals surface area contributed by atoms with Gasteiger partial charge in [-0.15, -0.1) is 0 Å². The van der Waals surface area contributed by atoms with E-state index in [0.29, 0.717) is 28.5 Å². The van der Waals surface area contributed by atoms with E-state index in [1.807, 2.05) is 19.1 Å². The highest BCUT2D eigenvalue weighted by Gasteiger charge is 2.11. The van der Waals surface area contributed by atoms with Crippen LogP contribution in [-0.2, 0) is 0 Å². The fourth-order valence-electron chi connectivity index (χ4n) is 2.44. The van der Waals surface area contributed by atoms with Gasteiger partial charge in [0.2, 0.25) is 0 Å². The first-order valence-corrected chi connectivity index (χ1v) is 8.00. The van der Waals surface area contributed by atoms with Crippen LogP contribution in [0.15, 0.2) is 60.8 Å². The summed E-state index contributed by atoms with van der Waals surface area (Å²) in [6.07, 6.45) is 1.54. The van der Waals surface area contributed by atoms with Crippen LogP contribution in [0, 0.1) is 12.7 Å². The zero-order valence-corrected chi connectivity index (χ0v) is 14.4. The van der Waals surface area contributed by atoms with Gasteiger partial charge < -0.3 is 15.4 Å². The maximum absolute atomic E-state index is 13.0. The van der Waals surface area contributed by atoms with E-state index >= 15 is 0 Å². The zero-order valence-electron chi connectivity index (χ0n) is 14.4. The number of amides is 1. The van der Waals surface area contributed by atoms with Gasteiger partial charge in [0.25, 0.3) is 5.91 Å². The minimum absolute atomic E-state index is 0.279. The Hall–Kier alpha value is -3.41. The van der Waals surface area contributed by atoms with Crippen LogP contribution in [0.1, 0.15) is 15.9 Å². The standard InChI is InChI=1S/C20H18FN3O2/c1-13-3-8-18(26-2)17(11-13)24-20(25)14-9-10-22-19(12-14)23-16-6-4-15(21)5-7-16/h3-12H,1-2H3,(H,22,23)(H,24,25). The lowest BCUT2D eigenvalue weighted by molar-refractivity contribution is 0.102. The number of carbonyl (C=O) groups excluding carboxylic acids is 1. The van der Waals surface area contributed by atoms with Gasteiger partial charge in [-0.2, -0.15) is 0 Å². The highest BCUT2D eigenvalue weighted by Crippen LogP contribution is 2.26. The van der Waals surface area contributed by atoms with E-state index < -0.39 is 0 Å². The van der Waals surface area contributed by atoms with E-state index in [-0.39, 0.29) is 11.7 Å². The lowest BCUT2D eigenvalue weighted by Gasteiger charge is -2.12. The summed E-state index contributed by atoms with van der Waals surface area (Å²) in [4.78, 5) is 16.8. The number of aryl methyl sites for hydroxylation is 1. The first-order chi connectivity index (χ1) is 12.5. The SMILES string of the molecule is COc1ccc(C)cc1NC(=O)c1ccnc(Nc2ccc(F)cc2)c1. The van der Waals surface area contributed by atoms with E-state index in [1.54, 1.807) is 37.4 Å². The molecule has 132 valence electrons. The summed E-state index contributed by atoms with van der Waals surface area (Å²) in [6.45, 7) is 1.94. The molecule has 0 aliphatic carbocycles. The lowest BCUT2D eigenvalue weighted by atomic mass is 10.2. The summed E-state index contributed by atoms with van der Waals surface area (Å²) in [5, 5.41) is 5.89. The highest BCUT2D eigenvalue weighted by atomic mass is 19.1. The second-order valence-corrected chi connectivity index (χ2v) is 5.72. The molecule has 0 aliphatic heterocycles. The maximum atomic E-state index is 13.0. The summed E-state index contributed by atoms with van der Waals surface area (Å²) in [5.41, 5.74) is 2.72. The number of aromatic nitrogens is 1. The molecule has 1 heterocycles. The number of hydrogen-bond acceptors (Lipinski definition) is 4. The summed E-state index contributed by atoms with van der Waals surface area (Å²) >= 11 is 0. The third-order valence-electron chi connectivity index (χ3n) is 3.74. The van der Waals surface area contributed by atoms with E-state index in [1.165, 1.54) is 18.3 Å². The topological polar surface area (TPSA) is 63.2 Å². The number of halogens is 1. The van der Waals surface area contributed by atoms with Gasteiger partial charge in [-0.25, -0.2) is 9.37 Å². The number of rotatable bonds is 5. The minimum Gasteiger partial charge on any atom is -0.495 e. The molecule has 1 aromatic heterocycles. The quantitative estimate of drug-likeness (QED) is 0.709. The molecule has 0 bridgehead atoms. The highest BCUT2D eigenvalue weighted by molar-refractivity contribution is 6.05. The Morgan fingerprint density at radius 2 is 1.85 bits per heavy atom. The normalized spacial score (nSPS) is 10.3. The van der Waals surface area contributed by atoms with Crippen LogP contribution in [0.5, 0.6) is 5.75 Å². The third kappa shape index (κ3) is 4.16. The number of anilines is 3. The monoisotopic (exact) mass is 351 g/mol. The fraction of sp³-hybridized carbons (Fsp3) is 0.100. The molecule has 0 radical (unpaired) electrons. The molecule has 1 amide bonds. The average molecular weight is 351 g/mol. The van der Waals surface area contributed by atoms with Crippen molar-refractivity contribution in [2.24, 2.45) is 0 Å². The fourth-order valence-corrected chi connectivity index (χ4v) is 2.44. The Labute approximate surface area is 150 Å². The number of methoxy groups -OCH3 is 1. The molecule has 5 nitrogen and oxygen atoms in total. The number of nitrogens with zero attached hydrogens (tertiary/aromatic N) is 1. The van der Waals surface area contributed by atoms with Crippen LogP contribution >= 0.6 is 0 Å². The summed E-state index contributed by atoms with van der Waals surface area (Å²) < 4.78 is 18.3. The van der Waals surface area contributed by atoms with Crippen LogP contribution in [0.25, 0.3) is 0 Å². The predicted octanol–water partition coefficient (Wildman–Crippen LogP) is 4.53. The second kappa shape index (κ2) is 7.65. The number of pyridine rings is 1. The molecule has 3 rings (SSSR count). The molecule has 2 aromatic carbocycles. The maximum Gasteiger partial charge on any atom is 0.255 e. The smallest absolute Gasteiger partial charge is 0.255 e. The molecular formula is C20H18FN3O2. The van der Waals surface area contributed by atoms with Gasteiger partial charge in [-0.1, -0.05) is 6.07 Å². The largest absolute Gasteiger partial charge is 0.495 e. The van der Waals surface area contributed by atoms with Crippen LogP contribution in [0.2, 0.25) is 0 Å². The molecule has 0 saturated heterocycles. The minimum atomic E-state index is -0.316. The Morgan fingerprint density at radius 1 is 1.08 bits per heavy atom. The van der Waals surface area contributed by atoms with Crippen molar-refractivity contribution in [1.82, 2.24) is 4.98 Å². The third-order valence-corrected chi connectivity index (χ3v) is 3.74. The molecule has 0 fully saturated rings. The Morgan fingerprint density at radius 3 is 2.58 bits per heavy atom. The van der Waals surface area contributed by atoms with Gasteiger partial charge in [0.15, 0.2) is 0 Å². The zero-order chi connectivity index (χ0) is 18.5. The first-order valence-electron chi connectivity index (χ1n) is 8.00. The van der Waals surface area contributed by atoms with Crippen molar-refractivity contribution in [2.45, 2.75) is 6.92 Å². The van der Waals surface area contributed by atoms with Crippen molar-refractivity contribution in [3.63, 3.8) is 0 Å². The second-order valence-electron chi connectivity index (χ2n) is 5.72. The number of carbonyl (C=O) groups is 1. The number of ether oxygens (including phenoxy) is 1. The van der Waals surface area contributed by atoms with Gasteiger partial charge in [0.1, 0.15) is 17.4 Å². The lowest BCUT2D eigenvalue weighted by Crippen LogP contribution is -2.13. The molecule has 0 saturated carbocycles. The van der Waals surface area contributed by atoms with Crippen molar-refractivity contribution >= 4 is 23.1 Å². The summed E-state index contributed by atoms with van der Waals surface area (Å²) in [5.74, 6) is 0.477. The van der Waals surface area contributed by atoms with Crippen LogP contribution in [-0.4, -0.2) is 18.0 Å². The number of benzene rings is 2. The van der Waals surface area contributed by atoms with E-state index in [4.69, 9.17) is 4.74 Å². The Kier molecular flexibility index (Phi) is 5.12. The van der Waals surface area contributed by atoms with Gasteiger partial charge in [-0.05, 0) is 61.0 Å². The molecule has 2 N–H and O–H groups in total. The van der Waals surface area contributed by atoms with Gasteiger partial charge in [0, 0.05) is 17.4 Å². The van der Waals surface area contributed by atoms with Crippen LogP contribution < -0.4 is 15.4 Å².